The lowest BCUT2D eigenvalue weighted by Gasteiger charge is -2.37. The number of aryl methyl sites for hydroxylation is 5. The molecule has 4 heteroatoms. The standard InChI is InChI=1S/C60H48N4/c1-35-27-36(2)30-41(29-35)61(49-19-11-7-15-39(49)5)53-25-23-43-47-33-56-48(34-55(47)63-51-21-13-9-17-45(51)57(53)59(43)63)44-24-26-54(58-46-18-10-14-22-52(46)64(56)60(44)58)62(50-20-12-8-16-40(50)6)42-31-37(3)28-38(4)32-42/h7-34,39,49H,1-6H3. The fourth-order valence-corrected chi connectivity index (χ4v) is 11.7. The molecular weight excluding hydrogens is 777 g/mol. The van der Waals surface area contributed by atoms with Crippen molar-refractivity contribution in [2.75, 3.05) is 9.80 Å². The number of aromatic nitrogens is 2. The number of fused-ring (bicyclic) bond motifs is 12. The first-order valence-electron chi connectivity index (χ1n) is 22.7. The van der Waals surface area contributed by atoms with Gasteiger partial charge in [-0.15, -0.1) is 0 Å². The number of hydrogen-bond donors (Lipinski definition) is 0. The zero-order valence-electron chi connectivity index (χ0n) is 37.1. The van der Waals surface area contributed by atoms with E-state index in [0.717, 1.165) is 0 Å². The van der Waals surface area contributed by atoms with Gasteiger partial charge in [0.1, 0.15) is 0 Å². The molecule has 12 aromatic rings. The van der Waals surface area contributed by atoms with Crippen LogP contribution in [0.15, 0.2) is 170 Å². The molecule has 0 saturated heterocycles. The molecular formula is C60H48N4. The maximum absolute atomic E-state index is 2.61. The quantitative estimate of drug-likeness (QED) is 0.166. The minimum Gasteiger partial charge on any atom is -0.333 e. The molecule has 4 aromatic heterocycles. The fourth-order valence-electron chi connectivity index (χ4n) is 11.7. The number of para-hydroxylation sites is 3. The Morgan fingerprint density at radius 2 is 0.906 bits per heavy atom. The first-order valence-corrected chi connectivity index (χ1v) is 22.7. The lowest BCUT2D eigenvalue weighted by molar-refractivity contribution is 0.610. The van der Waals surface area contributed by atoms with Gasteiger partial charge < -0.3 is 18.6 Å². The van der Waals surface area contributed by atoms with Gasteiger partial charge in [0.15, 0.2) is 0 Å². The third-order valence-corrected chi connectivity index (χ3v) is 14.2. The topological polar surface area (TPSA) is 15.3 Å². The van der Waals surface area contributed by atoms with Crippen molar-refractivity contribution in [1.29, 1.82) is 0 Å². The van der Waals surface area contributed by atoms with Crippen LogP contribution in [0, 0.1) is 40.5 Å². The van der Waals surface area contributed by atoms with E-state index in [4.69, 9.17) is 0 Å². The third kappa shape index (κ3) is 5.11. The van der Waals surface area contributed by atoms with Crippen LogP contribution in [0.5, 0.6) is 0 Å². The Morgan fingerprint density at radius 1 is 0.406 bits per heavy atom. The van der Waals surface area contributed by atoms with E-state index < -0.39 is 0 Å². The summed E-state index contributed by atoms with van der Waals surface area (Å²) in [6.07, 6.45) is 9.14. The van der Waals surface area contributed by atoms with Gasteiger partial charge in [-0.25, -0.2) is 0 Å². The van der Waals surface area contributed by atoms with Crippen LogP contribution in [-0.2, 0) is 0 Å². The molecule has 0 aliphatic heterocycles. The number of anilines is 5. The van der Waals surface area contributed by atoms with Gasteiger partial charge in [0.05, 0.1) is 50.5 Å². The van der Waals surface area contributed by atoms with Crippen LogP contribution >= 0.6 is 0 Å². The van der Waals surface area contributed by atoms with Crippen molar-refractivity contribution in [2.45, 2.75) is 47.6 Å². The van der Waals surface area contributed by atoms with E-state index in [1.54, 1.807) is 0 Å². The van der Waals surface area contributed by atoms with Crippen molar-refractivity contribution in [3.63, 3.8) is 0 Å². The number of benzene rings is 8. The van der Waals surface area contributed by atoms with Crippen LogP contribution in [0.25, 0.3) is 76.2 Å². The maximum atomic E-state index is 2.61. The molecule has 0 spiro atoms. The van der Waals surface area contributed by atoms with Crippen LogP contribution < -0.4 is 9.80 Å². The summed E-state index contributed by atoms with van der Waals surface area (Å²) in [5.41, 5.74) is 19.8. The summed E-state index contributed by atoms with van der Waals surface area (Å²) >= 11 is 0. The van der Waals surface area contributed by atoms with Crippen molar-refractivity contribution in [3.05, 3.63) is 198 Å². The Labute approximate surface area is 372 Å². The van der Waals surface area contributed by atoms with Gasteiger partial charge in [-0.1, -0.05) is 110 Å². The Morgan fingerprint density at radius 3 is 1.48 bits per heavy atom. The molecule has 13 rings (SSSR count). The Hall–Kier alpha value is -7.56. The molecule has 2 unspecified atom stereocenters. The van der Waals surface area contributed by atoms with Gasteiger partial charge in [0, 0.05) is 60.2 Å². The normalized spacial score (nSPS) is 15.5. The molecule has 2 atom stereocenters. The molecule has 0 fully saturated rings. The number of nitrogens with zero attached hydrogens (tertiary/aromatic N) is 4. The van der Waals surface area contributed by atoms with Gasteiger partial charge in [0.2, 0.25) is 0 Å². The van der Waals surface area contributed by atoms with Crippen molar-refractivity contribution < 1.29 is 0 Å². The minimum atomic E-state index is 0.164. The highest BCUT2D eigenvalue weighted by Gasteiger charge is 2.31. The van der Waals surface area contributed by atoms with Crippen molar-refractivity contribution >= 4 is 105 Å². The summed E-state index contributed by atoms with van der Waals surface area (Å²) in [5, 5.41) is 10.2. The zero-order chi connectivity index (χ0) is 43.1. The molecule has 0 N–H and O–H groups in total. The highest BCUT2D eigenvalue weighted by molar-refractivity contribution is 6.32. The van der Waals surface area contributed by atoms with E-state index in [-0.39, 0.29) is 6.04 Å². The third-order valence-electron chi connectivity index (χ3n) is 14.2. The second-order valence-electron chi connectivity index (χ2n) is 18.6. The van der Waals surface area contributed by atoms with Crippen LogP contribution in [-0.4, -0.2) is 14.8 Å². The molecule has 4 nitrogen and oxygen atoms in total. The van der Waals surface area contributed by atoms with E-state index in [1.165, 1.54) is 132 Å². The predicted octanol–water partition coefficient (Wildman–Crippen LogP) is 16.3. The summed E-state index contributed by atoms with van der Waals surface area (Å²) in [4.78, 5) is 5.10. The summed E-state index contributed by atoms with van der Waals surface area (Å²) in [7, 11) is 0. The molecule has 64 heavy (non-hydrogen) atoms. The average molecular weight is 825 g/mol. The summed E-state index contributed by atoms with van der Waals surface area (Å²) in [6.45, 7) is 13.4. The lowest BCUT2D eigenvalue weighted by Crippen LogP contribution is -2.35. The molecule has 308 valence electrons. The van der Waals surface area contributed by atoms with Crippen LogP contribution in [0.3, 0.4) is 0 Å². The first kappa shape index (κ1) is 37.0. The van der Waals surface area contributed by atoms with Gasteiger partial charge in [0.25, 0.3) is 0 Å². The van der Waals surface area contributed by atoms with Gasteiger partial charge >= 0.3 is 0 Å². The highest BCUT2D eigenvalue weighted by Crippen LogP contribution is 2.51. The lowest BCUT2D eigenvalue weighted by atomic mass is 9.93. The molecule has 1 aliphatic carbocycles. The van der Waals surface area contributed by atoms with E-state index in [1.807, 2.05) is 0 Å². The van der Waals surface area contributed by atoms with E-state index in [2.05, 4.69) is 230 Å². The van der Waals surface area contributed by atoms with E-state index in [9.17, 15) is 0 Å². The second-order valence-corrected chi connectivity index (χ2v) is 18.6. The zero-order valence-corrected chi connectivity index (χ0v) is 37.1. The molecule has 0 amide bonds. The van der Waals surface area contributed by atoms with Crippen molar-refractivity contribution in [1.82, 2.24) is 8.80 Å². The highest BCUT2D eigenvalue weighted by atomic mass is 15.2. The number of allylic oxidation sites excluding steroid dienone is 2. The van der Waals surface area contributed by atoms with Crippen molar-refractivity contribution in [2.24, 2.45) is 5.92 Å². The van der Waals surface area contributed by atoms with Crippen LogP contribution in [0.4, 0.5) is 28.4 Å². The van der Waals surface area contributed by atoms with E-state index in [0.29, 0.717) is 5.92 Å². The first-order chi connectivity index (χ1) is 31.2. The SMILES string of the molecule is Cc1cc(C)cc(N(c2ccccc2C)c2ccc3c4cc5c(cc4n4c6ccccc6c2c34)c2ccc(N(c3cc(C)cc(C)c3)C3C=CC=CC3C)c3c4ccccc4n5c23)c1. The molecule has 4 heterocycles. The Balaban J connectivity index is 1.12. The van der Waals surface area contributed by atoms with Crippen LogP contribution in [0.1, 0.15) is 34.7 Å². The summed E-state index contributed by atoms with van der Waals surface area (Å²) in [5.74, 6) is 0.331. The Kier molecular flexibility index (Phi) is 7.80. The molecule has 0 saturated carbocycles. The molecule has 0 radical (unpaired) electrons. The fraction of sp³-hybridized carbons (Fsp3) is 0.133. The predicted molar refractivity (Wildman–Crippen MR) is 274 cm³/mol. The summed E-state index contributed by atoms with van der Waals surface area (Å²) in [6, 6.07) is 55.5. The molecule has 8 aromatic carbocycles. The largest absolute Gasteiger partial charge is 0.333 e. The van der Waals surface area contributed by atoms with Gasteiger partial charge in [-0.05, 0) is 135 Å². The number of rotatable bonds is 6. The Bertz CT molecular complexity index is 3910. The van der Waals surface area contributed by atoms with Gasteiger partial charge in [-0.3, -0.25) is 0 Å². The maximum Gasteiger partial charge on any atom is 0.0641 e. The molecule has 1 aliphatic rings. The average Bonchev–Trinajstić information content (AvgIpc) is 4.01. The molecule has 0 bridgehead atoms. The van der Waals surface area contributed by atoms with Crippen LogP contribution in [0.2, 0.25) is 0 Å². The van der Waals surface area contributed by atoms with Crippen molar-refractivity contribution in [3.8, 4) is 0 Å². The minimum absolute atomic E-state index is 0.164. The number of hydrogen-bond acceptors (Lipinski definition) is 2. The van der Waals surface area contributed by atoms with E-state index >= 15 is 0 Å². The second kappa shape index (κ2) is 13.5. The monoisotopic (exact) mass is 824 g/mol. The smallest absolute Gasteiger partial charge is 0.0641 e. The van der Waals surface area contributed by atoms with Gasteiger partial charge in [-0.2, -0.15) is 0 Å². The summed E-state index contributed by atoms with van der Waals surface area (Å²) < 4.78 is 5.12.